The molecule has 32 heavy (non-hydrogen) atoms. The number of unbranched alkanes of at least 4 members (excludes halogenated alkanes) is 2. The van der Waals surface area contributed by atoms with Crippen LogP contribution in [0.1, 0.15) is 29.6 Å². The fourth-order valence-corrected chi connectivity index (χ4v) is 3.21. The Bertz CT molecular complexity index is 945. The van der Waals surface area contributed by atoms with Gasteiger partial charge in [-0.25, -0.2) is 9.97 Å². The van der Waals surface area contributed by atoms with Gasteiger partial charge in [0.05, 0.1) is 11.3 Å². The Labute approximate surface area is 193 Å². The van der Waals surface area contributed by atoms with E-state index in [4.69, 9.17) is 0 Å². The van der Waals surface area contributed by atoms with Crippen molar-refractivity contribution in [1.29, 1.82) is 0 Å². The van der Waals surface area contributed by atoms with Crippen LogP contribution in [0.25, 0.3) is 0 Å². The summed E-state index contributed by atoms with van der Waals surface area (Å²) >= 11 is 3.91. The molecular weight excluding hydrogens is 422 g/mol. The van der Waals surface area contributed by atoms with E-state index in [1.54, 1.807) is 12.4 Å². The van der Waals surface area contributed by atoms with E-state index >= 15 is 0 Å². The van der Waals surface area contributed by atoms with Crippen LogP contribution in [0.5, 0.6) is 0 Å². The molecule has 2 N–H and O–H groups in total. The SMILES string of the molecule is O=C(CS)NCCCCCNC(=O)c1cnc(N(c2ccccc2)c2ccccc2)nc1. The molecule has 2 aromatic carbocycles. The molecule has 1 aromatic heterocycles. The molecule has 0 aliphatic carbocycles. The molecule has 0 bridgehead atoms. The van der Waals surface area contributed by atoms with Gasteiger partial charge in [0.15, 0.2) is 0 Å². The summed E-state index contributed by atoms with van der Waals surface area (Å²) in [6.07, 6.45) is 5.69. The number of amides is 2. The minimum atomic E-state index is -0.203. The Morgan fingerprint density at radius 1 is 0.781 bits per heavy atom. The van der Waals surface area contributed by atoms with E-state index in [1.165, 1.54) is 0 Å². The van der Waals surface area contributed by atoms with Crippen molar-refractivity contribution in [2.75, 3.05) is 23.7 Å². The van der Waals surface area contributed by atoms with E-state index in [9.17, 15) is 9.59 Å². The summed E-state index contributed by atoms with van der Waals surface area (Å²) in [6.45, 7) is 1.18. The average Bonchev–Trinajstić information content (AvgIpc) is 2.85. The van der Waals surface area contributed by atoms with E-state index in [2.05, 4.69) is 33.2 Å². The molecule has 3 aromatic rings. The summed E-state index contributed by atoms with van der Waals surface area (Å²) < 4.78 is 0. The largest absolute Gasteiger partial charge is 0.355 e. The highest BCUT2D eigenvalue weighted by Gasteiger charge is 2.15. The van der Waals surface area contributed by atoms with Crippen LogP contribution in [0, 0.1) is 0 Å². The highest BCUT2D eigenvalue weighted by molar-refractivity contribution is 7.81. The summed E-state index contributed by atoms with van der Waals surface area (Å²) in [7, 11) is 0. The second kappa shape index (κ2) is 12.5. The molecule has 3 rings (SSSR count). The highest BCUT2D eigenvalue weighted by Crippen LogP contribution is 2.31. The molecule has 166 valence electrons. The zero-order chi connectivity index (χ0) is 22.6. The second-order valence-corrected chi connectivity index (χ2v) is 7.42. The van der Waals surface area contributed by atoms with Gasteiger partial charge in [-0.15, -0.1) is 0 Å². The Morgan fingerprint density at radius 2 is 1.31 bits per heavy atom. The Kier molecular flexibility index (Phi) is 9.06. The molecule has 0 aliphatic rings. The molecule has 0 aliphatic heterocycles. The third-order valence-electron chi connectivity index (χ3n) is 4.73. The van der Waals surface area contributed by atoms with E-state index in [0.29, 0.717) is 24.6 Å². The average molecular weight is 450 g/mol. The van der Waals surface area contributed by atoms with Crippen LogP contribution >= 0.6 is 12.6 Å². The first-order chi connectivity index (χ1) is 15.7. The third kappa shape index (κ3) is 6.81. The van der Waals surface area contributed by atoms with Crippen LogP contribution in [-0.2, 0) is 4.79 Å². The molecular formula is C24H27N5O2S. The van der Waals surface area contributed by atoms with Gasteiger partial charge in [0.25, 0.3) is 5.91 Å². The fourth-order valence-electron chi connectivity index (χ4n) is 3.10. The van der Waals surface area contributed by atoms with Crippen molar-refractivity contribution in [3.8, 4) is 0 Å². The lowest BCUT2D eigenvalue weighted by Gasteiger charge is -2.22. The summed E-state index contributed by atoms with van der Waals surface area (Å²) in [5.74, 6) is 0.419. The number of anilines is 3. The maximum absolute atomic E-state index is 12.4. The first kappa shape index (κ1) is 23.3. The Hall–Kier alpha value is -3.39. The summed E-state index contributed by atoms with van der Waals surface area (Å²) in [5, 5.41) is 5.66. The van der Waals surface area contributed by atoms with Gasteiger partial charge in [0.1, 0.15) is 0 Å². The first-order valence-corrected chi connectivity index (χ1v) is 11.2. The lowest BCUT2D eigenvalue weighted by Crippen LogP contribution is -2.26. The number of hydrogen-bond acceptors (Lipinski definition) is 6. The molecule has 8 heteroatoms. The van der Waals surface area contributed by atoms with Crippen molar-refractivity contribution in [3.05, 3.63) is 78.6 Å². The number of rotatable bonds is 11. The van der Waals surface area contributed by atoms with Crippen LogP contribution in [0.3, 0.4) is 0 Å². The zero-order valence-electron chi connectivity index (χ0n) is 17.8. The van der Waals surface area contributed by atoms with Gasteiger partial charge < -0.3 is 10.6 Å². The Morgan fingerprint density at radius 3 is 1.84 bits per heavy atom. The molecule has 1 heterocycles. The van der Waals surface area contributed by atoms with Crippen LogP contribution in [-0.4, -0.2) is 40.6 Å². The molecule has 0 unspecified atom stereocenters. The van der Waals surface area contributed by atoms with Crippen molar-refractivity contribution >= 4 is 41.8 Å². The summed E-state index contributed by atoms with van der Waals surface area (Å²) in [6, 6.07) is 19.7. The van der Waals surface area contributed by atoms with Crippen molar-refractivity contribution in [1.82, 2.24) is 20.6 Å². The first-order valence-electron chi connectivity index (χ1n) is 10.6. The smallest absolute Gasteiger partial charge is 0.254 e. The maximum Gasteiger partial charge on any atom is 0.254 e. The van der Waals surface area contributed by atoms with Crippen LogP contribution in [0.2, 0.25) is 0 Å². The van der Waals surface area contributed by atoms with E-state index in [0.717, 1.165) is 30.6 Å². The number of thiol groups is 1. The molecule has 2 amide bonds. The van der Waals surface area contributed by atoms with Crippen LogP contribution < -0.4 is 15.5 Å². The lowest BCUT2D eigenvalue weighted by atomic mass is 10.2. The van der Waals surface area contributed by atoms with Gasteiger partial charge in [-0.05, 0) is 43.5 Å². The van der Waals surface area contributed by atoms with Gasteiger partial charge in [-0.1, -0.05) is 36.4 Å². The summed E-state index contributed by atoms with van der Waals surface area (Å²) in [4.78, 5) is 34.4. The highest BCUT2D eigenvalue weighted by atomic mass is 32.1. The number of aromatic nitrogens is 2. The second-order valence-electron chi connectivity index (χ2n) is 7.10. The van der Waals surface area contributed by atoms with Gasteiger partial charge in [0.2, 0.25) is 11.9 Å². The number of carbonyl (C=O) groups is 2. The predicted molar refractivity (Wildman–Crippen MR) is 130 cm³/mol. The number of benzene rings is 2. The molecule has 0 atom stereocenters. The molecule has 0 saturated carbocycles. The maximum atomic E-state index is 12.4. The molecule has 0 radical (unpaired) electrons. The van der Waals surface area contributed by atoms with Crippen molar-refractivity contribution in [3.63, 3.8) is 0 Å². The zero-order valence-corrected chi connectivity index (χ0v) is 18.7. The van der Waals surface area contributed by atoms with Crippen molar-refractivity contribution in [2.24, 2.45) is 0 Å². The monoisotopic (exact) mass is 449 g/mol. The van der Waals surface area contributed by atoms with Gasteiger partial charge in [-0.3, -0.25) is 14.5 Å². The number of nitrogens with one attached hydrogen (secondary N) is 2. The topological polar surface area (TPSA) is 87.2 Å². The molecule has 0 fully saturated rings. The molecule has 0 spiro atoms. The van der Waals surface area contributed by atoms with E-state index < -0.39 is 0 Å². The predicted octanol–water partition coefficient (Wildman–Crippen LogP) is 3.89. The fraction of sp³-hybridized carbons (Fsp3) is 0.250. The quantitative estimate of drug-likeness (QED) is 0.305. The number of carbonyl (C=O) groups excluding carboxylic acids is 2. The minimum Gasteiger partial charge on any atom is -0.355 e. The number of para-hydroxylation sites is 2. The minimum absolute atomic E-state index is 0.0665. The van der Waals surface area contributed by atoms with E-state index in [1.807, 2.05) is 65.6 Å². The van der Waals surface area contributed by atoms with E-state index in [-0.39, 0.29) is 17.6 Å². The lowest BCUT2D eigenvalue weighted by molar-refractivity contribution is -0.118. The van der Waals surface area contributed by atoms with Crippen LogP contribution in [0.4, 0.5) is 17.3 Å². The molecule has 7 nitrogen and oxygen atoms in total. The van der Waals surface area contributed by atoms with Crippen molar-refractivity contribution in [2.45, 2.75) is 19.3 Å². The standard InChI is InChI=1S/C24H27N5O2S/c30-22(18-32)25-14-8-3-9-15-26-23(31)19-16-27-24(28-17-19)29(20-10-4-1-5-11-20)21-12-6-2-7-13-21/h1-2,4-7,10-13,16-17,32H,3,8-9,14-15,18H2,(H,25,30)(H,26,31). The third-order valence-corrected chi connectivity index (χ3v) is 5.02. The number of nitrogens with zero attached hydrogens (tertiary/aromatic N) is 3. The van der Waals surface area contributed by atoms with Crippen molar-refractivity contribution < 1.29 is 9.59 Å². The molecule has 0 saturated heterocycles. The Balaban J connectivity index is 1.56. The number of hydrogen-bond donors (Lipinski definition) is 3. The van der Waals surface area contributed by atoms with Gasteiger partial charge in [-0.2, -0.15) is 12.6 Å². The van der Waals surface area contributed by atoms with Crippen LogP contribution in [0.15, 0.2) is 73.1 Å². The normalized spacial score (nSPS) is 10.4. The summed E-state index contributed by atoms with van der Waals surface area (Å²) in [5.41, 5.74) is 2.28. The van der Waals surface area contributed by atoms with Gasteiger partial charge >= 0.3 is 0 Å². The van der Waals surface area contributed by atoms with Gasteiger partial charge in [0, 0.05) is 36.9 Å².